The summed E-state index contributed by atoms with van der Waals surface area (Å²) in [6, 6.07) is 0. The van der Waals surface area contributed by atoms with Crippen molar-refractivity contribution in [1.82, 2.24) is 0 Å². The maximum absolute atomic E-state index is 11.3. The van der Waals surface area contributed by atoms with E-state index in [1.54, 1.807) is 0 Å². The second-order valence-corrected chi connectivity index (χ2v) is 6.62. The van der Waals surface area contributed by atoms with Crippen LogP contribution in [0.25, 0.3) is 0 Å². The first kappa shape index (κ1) is 21.1. The maximum atomic E-state index is 11.3. The zero-order valence-electron chi connectivity index (χ0n) is 14.2. The molecule has 0 aromatic rings. The largest absolute Gasteiger partial charge is 0.304 e. The third-order valence-electron chi connectivity index (χ3n) is 3.60. The van der Waals surface area contributed by atoms with Gasteiger partial charge in [-0.2, -0.15) is 4.21 Å². The summed E-state index contributed by atoms with van der Waals surface area (Å²) in [5.74, 6) is 0. The van der Waals surface area contributed by atoms with Crippen LogP contribution in [0.1, 0.15) is 97.3 Å². The Morgan fingerprint density at radius 2 is 0.905 bits per heavy atom. The van der Waals surface area contributed by atoms with E-state index in [2.05, 4.69) is 13.8 Å². The van der Waals surface area contributed by atoms with Gasteiger partial charge in [0.25, 0.3) is 0 Å². The minimum atomic E-state index is -1.54. The van der Waals surface area contributed by atoms with Gasteiger partial charge in [0.2, 0.25) is 0 Å². The normalized spacial score (nSPS) is 12.7. The first-order valence-corrected chi connectivity index (χ1v) is 9.99. The molecule has 128 valence electrons. The highest BCUT2D eigenvalue weighted by Crippen LogP contribution is 2.10. The monoisotopic (exact) mass is 320 g/mol. The van der Waals surface area contributed by atoms with Gasteiger partial charge in [0, 0.05) is 0 Å². The van der Waals surface area contributed by atoms with Gasteiger partial charge in [0.05, 0.1) is 13.2 Å². The molecule has 1 atom stereocenters. The minimum Gasteiger partial charge on any atom is -0.268 e. The summed E-state index contributed by atoms with van der Waals surface area (Å²) in [6.45, 7) is 5.49. The molecular weight excluding hydrogens is 284 g/mol. The lowest BCUT2D eigenvalue weighted by molar-refractivity contribution is 0.241. The Morgan fingerprint density at radius 3 is 1.38 bits per heavy atom. The van der Waals surface area contributed by atoms with Gasteiger partial charge in [-0.05, 0) is 12.8 Å². The van der Waals surface area contributed by atoms with Crippen molar-refractivity contribution in [2.45, 2.75) is 97.3 Å². The van der Waals surface area contributed by atoms with Gasteiger partial charge in [0.15, 0.2) is 0 Å². The smallest absolute Gasteiger partial charge is 0.268 e. The molecule has 0 aliphatic heterocycles. The summed E-state index contributed by atoms with van der Waals surface area (Å²) in [6.07, 6.45) is 16.2. The van der Waals surface area contributed by atoms with Gasteiger partial charge in [-0.3, -0.25) is 8.37 Å². The van der Waals surface area contributed by atoms with Gasteiger partial charge in [-0.25, -0.2) is 0 Å². The van der Waals surface area contributed by atoms with Gasteiger partial charge in [-0.15, -0.1) is 0 Å². The molecule has 0 bridgehead atoms. The van der Waals surface area contributed by atoms with Crippen molar-refractivity contribution < 1.29 is 12.6 Å². The van der Waals surface area contributed by atoms with E-state index in [0.29, 0.717) is 13.2 Å². The first-order valence-electron chi connectivity index (χ1n) is 8.99. The van der Waals surface area contributed by atoms with E-state index in [4.69, 9.17) is 8.37 Å². The highest BCUT2D eigenvalue weighted by Gasteiger charge is 2.00. The molecule has 4 heteroatoms. The van der Waals surface area contributed by atoms with Crippen molar-refractivity contribution in [2.24, 2.45) is 0 Å². The highest BCUT2D eigenvalue weighted by atomic mass is 32.2. The summed E-state index contributed by atoms with van der Waals surface area (Å²) < 4.78 is 21.6. The molecule has 0 N–H and O–H groups in total. The molecule has 0 aromatic heterocycles. The standard InChI is InChI=1S/C17H36O3S/c1-3-5-7-8-9-10-11-12-13-15-17-20-21(18)19-16-14-6-4-2/h3-17H2,1-2H3. The fourth-order valence-electron chi connectivity index (χ4n) is 2.23. The van der Waals surface area contributed by atoms with Gasteiger partial charge in [0.1, 0.15) is 0 Å². The van der Waals surface area contributed by atoms with Crippen LogP contribution in [0.2, 0.25) is 0 Å². The van der Waals surface area contributed by atoms with Crippen LogP contribution in [0.5, 0.6) is 0 Å². The summed E-state index contributed by atoms with van der Waals surface area (Å²) in [4.78, 5) is 0. The number of rotatable bonds is 17. The predicted octanol–water partition coefficient (Wildman–Crippen LogP) is 5.71. The van der Waals surface area contributed by atoms with E-state index in [1.165, 1.54) is 57.8 Å². The van der Waals surface area contributed by atoms with Gasteiger partial charge < -0.3 is 0 Å². The van der Waals surface area contributed by atoms with Crippen molar-refractivity contribution in [3.63, 3.8) is 0 Å². The van der Waals surface area contributed by atoms with Gasteiger partial charge in [-0.1, -0.05) is 84.5 Å². The Bertz CT molecular complexity index is 222. The number of hydrogen-bond donors (Lipinski definition) is 0. The quantitative estimate of drug-likeness (QED) is 0.322. The fourth-order valence-corrected chi connectivity index (χ4v) is 2.81. The average molecular weight is 321 g/mol. The van der Waals surface area contributed by atoms with E-state index in [0.717, 1.165) is 25.7 Å². The summed E-state index contributed by atoms with van der Waals surface area (Å²) in [7, 11) is 0. The van der Waals surface area contributed by atoms with E-state index >= 15 is 0 Å². The molecule has 0 rings (SSSR count). The Morgan fingerprint density at radius 1 is 0.571 bits per heavy atom. The number of unbranched alkanes of at least 4 members (excludes halogenated alkanes) is 11. The Labute approximate surface area is 135 Å². The van der Waals surface area contributed by atoms with Crippen molar-refractivity contribution in [3.8, 4) is 0 Å². The molecular formula is C17H36O3S. The van der Waals surface area contributed by atoms with E-state index in [9.17, 15) is 4.21 Å². The van der Waals surface area contributed by atoms with Gasteiger partial charge >= 0.3 is 11.4 Å². The lowest BCUT2D eigenvalue weighted by Gasteiger charge is -2.04. The molecule has 0 aromatic carbocycles. The Balaban J connectivity index is 3.09. The minimum absolute atomic E-state index is 0.540. The molecule has 0 radical (unpaired) electrons. The summed E-state index contributed by atoms with van der Waals surface area (Å²) in [5.41, 5.74) is 0. The van der Waals surface area contributed by atoms with Crippen LogP contribution in [-0.4, -0.2) is 17.4 Å². The average Bonchev–Trinajstić information content (AvgIpc) is 2.49. The van der Waals surface area contributed by atoms with Crippen LogP contribution in [0.15, 0.2) is 0 Å². The third-order valence-corrected chi connectivity index (χ3v) is 4.32. The zero-order valence-corrected chi connectivity index (χ0v) is 15.1. The molecule has 0 fully saturated rings. The first-order chi connectivity index (χ1) is 10.3. The van der Waals surface area contributed by atoms with Crippen LogP contribution >= 0.6 is 0 Å². The predicted molar refractivity (Wildman–Crippen MR) is 91.4 cm³/mol. The summed E-state index contributed by atoms with van der Waals surface area (Å²) >= 11 is -1.54. The Kier molecular flexibility index (Phi) is 18.2. The van der Waals surface area contributed by atoms with Crippen LogP contribution in [-0.2, 0) is 19.7 Å². The van der Waals surface area contributed by atoms with E-state index in [1.807, 2.05) is 0 Å². The molecule has 0 heterocycles. The second-order valence-electron chi connectivity index (χ2n) is 5.74. The Hall–Kier alpha value is 0.0700. The topological polar surface area (TPSA) is 35.5 Å². The van der Waals surface area contributed by atoms with Crippen molar-refractivity contribution in [2.75, 3.05) is 13.2 Å². The molecule has 0 spiro atoms. The molecule has 0 aliphatic rings. The van der Waals surface area contributed by atoms with Crippen molar-refractivity contribution >= 4 is 11.4 Å². The zero-order chi connectivity index (χ0) is 15.6. The molecule has 1 unspecified atom stereocenters. The maximum Gasteiger partial charge on any atom is 0.304 e. The molecule has 0 amide bonds. The number of hydrogen-bond acceptors (Lipinski definition) is 3. The summed E-state index contributed by atoms with van der Waals surface area (Å²) in [5, 5.41) is 0. The van der Waals surface area contributed by atoms with Crippen molar-refractivity contribution in [1.29, 1.82) is 0 Å². The van der Waals surface area contributed by atoms with Crippen LogP contribution in [0.4, 0.5) is 0 Å². The van der Waals surface area contributed by atoms with Crippen LogP contribution < -0.4 is 0 Å². The highest BCUT2D eigenvalue weighted by molar-refractivity contribution is 7.75. The van der Waals surface area contributed by atoms with Crippen LogP contribution in [0, 0.1) is 0 Å². The lowest BCUT2D eigenvalue weighted by Crippen LogP contribution is -2.04. The van der Waals surface area contributed by atoms with Crippen molar-refractivity contribution in [3.05, 3.63) is 0 Å². The van der Waals surface area contributed by atoms with E-state index < -0.39 is 11.4 Å². The molecule has 21 heavy (non-hydrogen) atoms. The molecule has 0 saturated carbocycles. The second kappa shape index (κ2) is 18.1. The SMILES string of the molecule is CCCCCCCCCCCCOS(=O)OCCCCC. The third kappa shape index (κ3) is 18.0. The molecule has 3 nitrogen and oxygen atoms in total. The molecule has 0 saturated heterocycles. The fraction of sp³-hybridized carbons (Fsp3) is 1.00. The van der Waals surface area contributed by atoms with E-state index in [-0.39, 0.29) is 0 Å². The van der Waals surface area contributed by atoms with Crippen LogP contribution in [0.3, 0.4) is 0 Å². The molecule has 0 aliphatic carbocycles. The lowest BCUT2D eigenvalue weighted by atomic mass is 10.1.